The summed E-state index contributed by atoms with van der Waals surface area (Å²) in [7, 11) is 0. The first kappa shape index (κ1) is 20.8. The van der Waals surface area contributed by atoms with Crippen LogP contribution in [0.5, 0.6) is 0 Å². The fourth-order valence-electron chi connectivity index (χ4n) is 4.00. The molecule has 3 aromatic rings. The molecule has 0 spiro atoms. The molecule has 6 heteroatoms. The van der Waals surface area contributed by atoms with E-state index in [1.54, 1.807) is 4.90 Å². The number of hydrogen-bond acceptors (Lipinski definition) is 4. The average Bonchev–Trinajstić information content (AvgIpc) is 3.49. The van der Waals surface area contributed by atoms with Gasteiger partial charge in [-0.2, -0.15) is 0 Å². The van der Waals surface area contributed by atoms with E-state index >= 15 is 0 Å². The van der Waals surface area contributed by atoms with Gasteiger partial charge in [-0.15, -0.1) is 22.7 Å². The largest absolute Gasteiger partial charge is 0.351 e. The van der Waals surface area contributed by atoms with Gasteiger partial charge in [0.25, 0.3) is 5.91 Å². The number of hydrogen-bond donors (Lipinski definition) is 1. The number of rotatable bonds is 7. The predicted molar refractivity (Wildman–Crippen MR) is 123 cm³/mol. The molecule has 1 aliphatic carbocycles. The van der Waals surface area contributed by atoms with Crippen LogP contribution in [0.25, 0.3) is 0 Å². The summed E-state index contributed by atoms with van der Waals surface area (Å²) in [5.41, 5.74) is 1.01. The maximum Gasteiger partial charge on any atom is 0.265 e. The van der Waals surface area contributed by atoms with Crippen molar-refractivity contribution in [2.45, 2.75) is 50.7 Å². The maximum atomic E-state index is 13.5. The first-order valence-electron chi connectivity index (χ1n) is 10.4. The quantitative estimate of drug-likeness (QED) is 0.519. The zero-order chi connectivity index (χ0) is 20.8. The van der Waals surface area contributed by atoms with Crippen molar-refractivity contribution in [1.29, 1.82) is 0 Å². The van der Waals surface area contributed by atoms with Crippen molar-refractivity contribution in [3.8, 4) is 0 Å². The average molecular weight is 439 g/mol. The van der Waals surface area contributed by atoms with Crippen LogP contribution >= 0.6 is 22.7 Å². The molecule has 0 bridgehead atoms. The summed E-state index contributed by atoms with van der Waals surface area (Å²) in [5.74, 6) is -0.184. The van der Waals surface area contributed by atoms with Gasteiger partial charge in [0.2, 0.25) is 5.91 Å². The van der Waals surface area contributed by atoms with Gasteiger partial charge in [-0.1, -0.05) is 61.7 Å². The molecular formula is C24H26N2O2S2. The lowest BCUT2D eigenvalue weighted by atomic mass is 9.95. The molecule has 30 heavy (non-hydrogen) atoms. The van der Waals surface area contributed by atoms with Crippen molar-refractivity contribution in [2.24, 2.45) is 0 Å². The monoisotopic (exact) mass is 438 g/mol. The number of carbonyl (C=O) groups excluding carboxylic acids is 2. The minimum absolute atomic E-state index is 0.0785. The third-order valence-corrected chi connectivity index (χ3v) is 7.30. The van der Waals surface area contributed by atoms with Gasteiger partial charge in [0.05, 0.1) is 4.88 Å². The van der Waals surface area contributed by atoms with Crippen molar-refractivity contribution in [2.75, 3.05) is 0 Å². The number of nitrogens with one attached hydrogen (secondary N) is 1. The summed E-state index contributed by atoms with van der Waals surface area (Å²) < 4.78 is 0. The molecule has 0 saturated heterocycles. The molecule has 1 atom stereocenters. The molecule has 1 fully saturated rings. The highest BCUT2D eigenvalue weighted by molar-refractivity contribution is 7.12. The highest BCUT2D eigenvalue weighted by Crippen LogP contribution is 2.30. The third-order valence-electron chi connectivity index (χ3n) is 5.51. The van der Waals surface area contributed by atoms with E-state index in [0.29, 0.717) is 11.4 Å². The summed E-state index contributed by atoms with van der Waals surface area (Å²) >= 11 is 2.94. The maximum absolute atomic E-state index is 13.5. The summed E-state index contributed by atoms with van der Waals surface area (Å²) in [6.45, 7) is 0.387. The molecular weight excluding hydrogens is 412 g/mol. The number of carbonyl (C=O) groups is 2. The van der Waals surface area contributed by atoms with Gasteiger partial charge < -0.3 is 10.2 Å². The topological polar surface area (TPSA) is 49.4 Å². The molecule has 1 N–H and O–H groups in total. The smallest absolute Gasteiger partial charge is 0.265 e. The molecule has 0 aliphatic heterocycles. The zero-order valence-electron chi connectivity index (χ0n) is 16.8. The summed E-state index contributed by atoms with van der Waals surface area (Å²) in [6, 6.07) is 17.0. The molecule has 1 saturated carbocycles. The van der Waals surface area contributed by atoms with Gasteiger partial charge in [0, 0.05) is 17.5 Å². The molecule has 4 rings (SSSR count). The Hall–Kier alpha value is -2.44. The summed E-state index contributed by atoms with van der Waals surface area (Å²) in [5, 5.41) is 7.11. The van der Waals surface area contributed by atoms with E-state index in [-0.39, 0.29) is 17.9 Å². The normalized spacial score (nSPS) is 15.5. The Morgan fingerprint density at radius 2 is 1.67 bits per heavy atom. The van der Waals surface area contributed by atoms with Crippen molar-refractivity contribution in [1.82, 2.24) is 10.2 Å². The molecule has 4 nitrogen and oxygen atoms in total. The molecule has 2 amide bonds. The molecule has 156 valence electrons. The van der Waals surface area contributed by atoms with Crippen LogP contribution in [-0.4, -0.2) is 22.8 Å². The van der Waals surface area contributed by atoms with E-state index in [4.69, 9.17) is 0 Å². The predicted octanol–water partition coefficient (Wildman–Crippen LogP) is 5.64. The van der Waals surface area contributed by atoms with E-state index < -0.39 is 6.04 Å². The third kappa shape index (κ3) is 4.99. The van der Waals surface area contributed by atoms with Gasteiger partial charge >= 0.3 is 0 Å². The van der Waals surface area contributed by atoms with Gasteiger partial charge in [0.1, 0.15) is 6.04 Å². The lowest BCUT2D eigenvalue weighted by Gasteiger charge is -2.32. The second-order valence-corrected chi connectivity index (χ2v) is 9.58. The molecule has 1 aliphatic rings. The van der Waals surface area contributed by atoms with Crippen molar-refractivity contribution < 1.29 is 9.59 Å². The second kappa shape index (κ2) is 10.0. The molecule has 0 radical (unpaired) electrons. The van der Waals surface area contributed by atoms with Gasteiger partial charge in [-0.05, 0) is 41.3 Å². The first-order valence-corrected chi connectivity index (χ1v) is 12.2. The van der Waals surface area contributed by atoms with E-state index in [0.717, 1.165) is 36.1 Å². The zero-order valence-corrected chi connectivity index (χ0v) is 18.5. The van der Waals surface area contributed by atoms with E-state index in [1.165, 1.54) is 29.1 Å². The highest BCUT2D eigenvalue weighted by Gasteiger charge is 2.34. The van der Waals surface area contributed by atoms with Crippen LogP contribution in [0.1, 0.15) is 58.3 Å². The van der Waals surface area contributed by atoms with Crippen LogP contribution < -0.4 is 5.32 Å². The molecule has 1 aromatic carbocycles. The van der Waals surface area contributed by atoms with Crippen LogP contribution in [0, 0.1) is 0 Å². The Bertz CT molecular complexity index is 933. The second-order valence-electron chi connectivity index (χ2n) is 7.66. The van der Waals surface area contributed by atoms with Gasteiger partial charge in [-0.25, -0.2) is 0 Å². The summed E-state index contributed by atoms with van der Waals surface area (Å²) in [6.07, 6.45) is 5.56. The number of nitrogens with zero attached hydrogens (tertiary/aromatic N) is 1. The standard InChI is InChI=1S/C24H26N2O2S2/c27-23(25-19-11-5-2-6-12-19)22(20-13-7-15-29-20)26(17-18-9-3-1-4-10-18)24(28)21-14-8-16-30-21/h1,3-4,7-10,13-16,19,22H,2,5-6,11-12,17H2,(H,25,27)/t22-/m1/s1. The Morgan fingerprint density at radius 1 is 0.933 bits per heavy atom. The minimum Gasteiger partial charge on any atom is -0.351 e. The van der Waals surface area contributed by atoms with Crippen LogP contribution in [0.3, 0.4) is 0 Å². The van der Waals surface area contributed by atoms with Crippen molar-refractivity contribution in [3.63, 3.8) is 0 Å². The van der Waals surface area contributed by atoms with Crippen LogP contribution in [0.2, 0.25) is 0 Å². The van der Waals surface area contributed by atoms with Gasteiger partial charge in [0.15, 0.2) is 0 Å². The minimum atomic E-state index is -0.637. The van der Waals surface area contributed by atoms with E-state index in [2.05, 4.69) is 5.32 Å². The Balaban J connectivity index is 1.66. The fourth-order valence-corrected chi connectivity index (χ4v) is 5.51. The Labute approximate surface area is 185 Å². The molecule has 2 heterocycles. The van der Waals surface area contributed by atoms with Crippen molar-refractivity contribution in [3.05, 3.63) is 80.7 Å². The fraction of sp³-hybridized carbons (Fsp3) is 0.333. The Kier molecular flexibility index (Phi) is 6.97. The van der Waals surface area contributed by atoms with Crippen molar-refractivity contribution >= 4 is 34.5 Å². The number of amides is 2. The molecule has 0 unspecified atom stereocenters. The molecule has 2 aromatic heterocycles. The Morgan fingerprint density at radius 3 is 2.33 bits per heavy atom. The first-order chi connectivity index (χ1) is 14.7. The highest BCUT2D eigenvalue weighted by atomic mass is 32.1. The SMILES string of the molecule is O=C(NC1CCCCC1)[C@@H](c1cccs1)N(Cc1ccccc1)C(=O)c1cccs1. The lowest BCUT2D eigenvalue weighted by molar-refractivity contribution is -0.127. The number of thiophene rings is 2. The summed E-state index contributed by atoms with van der Waals surface area (Å²) in [4.78, 5) is 30.3. The van der Waals surface area contributed by atoms with Crippen LogP contribution in [-0.2, 0) is 11.3 Å². The van der Waals surface area contributed by atoms with E-state index in [9.17, 15) is 9.59 Å². The number of benzene rings is 1. The van der Waals surface area contributed by atoms with Crippen LogP contribution in [0.4, 0.5) is 0 Å². The van der Waals surface area contributed by atoms with E-state index in [1.807, 2.05) is 65.4 Å². The van der Waals surface area contributed by atoms with Gasteiger partial charge in [-0.3, -0.25) is 9.59 Å². The lowest BCUT2D eigenvalue weighted by Crippen LogP contribution is -2.46. The van der Waals surface area contributed by atoms with Crippen LogP contribution in [0.15, 0.2) is 65.4 Å².